The Labute approximate surface area is 360 Å². The number of rotatable bonds is 7. The van der Waals surface area contributed by atoms with Gasteiger partial charge in [0, 0.05) is 64.3 Å². The quantitative estimate of drug-likeness (QED) is 0.159. The number of aromatic nitrogens is 7. The van der Waals surface area contributed by atoms with E-state index in [0.717, 1.165) is 66.3 Å². The third-order valence-corrected chi connectivity index (χ3v) is 12.5. The molecule has 0 N–H and O–H groups in total. The van der Waals surface area contributed by atoms with Crippen molar-refractivity contribution in [2.75, 3.05) is 0 Å². The fourth-order valence-electron chi connectivity index (χ4n) is 8.46. The smallest absolute Gasteiger partial charge is 0.166 e. The van der Waals surface area contributed by atoms with Crippen molar-refractivity contribution in [2.24, 2.45) is 0 Å². The molecule has 12 aromatic rings. The van der Waals surface area contributed by atoms with Crippen LogP contribution in [0.25, 0.3) is 116 Å². The largest absolute Gasteiger partial charge is 0.309 e. The fraction of sp³-hybridized carbons (Fsp3) is 0. The summed E-state index contributed by atoms with van der Waals surface area (Å²) in [5.74, 6) is 3.43. The lowest BCUT2D eigenvalue weighted by molar-refractivity contribution is 1.06. The molecule has 290 valence electrons. The van der Waals surface area contributed by atoms with Crippen LogP contribution in [0.1, 0.15) is 0 Å². The summed E-state index contributed by atoms with van der Waals surface area (Å²) in [5.41, 5.74) is 8.33. The van der Waals surface area contributed by atoms with E-state index in [1.807, 2.05) is 91.0 Å². The van der Waals surface area contributed by atoms with Crippen molar-refractivity contribution < 1.29 is 0 Å². The van der Waals surface area contributed by atoms with E-state index in [9.17, 15) is 0 Å². The second kappa shape index (κ2) is 14.8. The monoisotopic (exact) mass is 811 g/mol. The highest BCUT2D eigenvalue weighted by molar-refractivity contribution is 7.25. The molecule has 7 nitrogen and oxygen atoms in total. The van der Waals surface area contributed by atoms with Gasteiger partial charge in [0.1, 0.15) is 0 Å². The van der Waals surface area contributed by atoms with Crippen LogP contribution in [-0.4, -0.2) is 34.5 Å². The minimum absolute atomic E-state index is 0.531. The molecule has 4 heterocycles. The van der Waals surface area contributed by atoms with Gasteiger partial charge in [0.15, 0.2) is 34.9 Å². The maximum atomic E-state index is 5.32. The zero-order valence-corrected chi connectivity index (χ0v) is 33.9. The summed E-state index contributed by atoms with van der Waals surface area (Å²) in [7, 11) is 0. The van der Waals surface area contributed by atoms with Gasteiger partial charge in [0.05, 0.1) is 16.7 Å². The average molecular weight is 812 g/mol. The minimum Gasteiger partial charge on any atom is -0.309 e. The van der Waals surface area contributed by atoms with Crippen molar-refractivity contribution in [3.63, 3.8) is 0 Å². The zero-order chi connectivity index (χ0) is 41.0. The van der Waals surface area contributed by atoms with Gasteiger partial charge >= 0.3 is 0 Å². The summed E-state index contributed by atoms with van der Waals surface area (Å²) in [6.07, 6.45) is 0. The zero-order valence-electron chi connectivity index (χ0n) is 33.1. The first-order valence-corrected chi connectivity index (χ1v) is 21.3. The molecule has 4 aromatic heterocycles. The molecular weight excluding hydrogens is 779 g/mol. The molecule has 0 aliphatic carbocycles. The van der Waals surface area contributed by atoms with Crippen molar-refractivity contribution in [1.29, 1.82) is 0 Å². The molecule has 0 aliphatic rings. The number of thiophene rings is 1. The SMILES string of the molecule is c1ccc(-c2nc(-c3ccccc3)nc(-c3cc(-c4nc(-c5ccccc5)nc(-c5cccc6sc7ccccc7c56)n4)ccc3-n3c4ccccc4c4ccccc43)n2)cc1. The van der Waals surface area contributed by atoms with Crippen LogP contribution in [0.4, 0.5) is 0 Å². The molecule has 0 radical (unpaired) electrons. The number of benzene rings is 8. The molecule has 0 spiro atoms. The van der Waals surface area contributed by atoms with E-state index in [4.69, 9.17) is 29.9 Å². The lowest BCUT2D eigenvalue weighted by atomic mass is 10.0. The molecule has 12 rings (SSSR count). The Hall–Kier alpha value is -8.20. The molecular formula is C54H33N7S. The van der Waals surface area contributed by atoms with E-state index >= 15 is 0 Å². The summed E-state index contributed by atoms with van der Waals surface area (Å²) in [4.78, 5) is 31.3. The second-order valence-corrected chi connectivity index (χ2v) is 16.2. The topological polar surface area (TPSA) is 82.3 Å². The Bertz CT molecular complexity index is 3530. The number of para-hydroxylation sites is 2. The second-order valence-electron chi connectivity index (χ2n) is 15.1. The van der Waals surface area contributed by atoms with Crippen molar-refractivity contribution in [3.05, 3.63) is 200 Å². The van der Waals surface area contributed by atoms with Gasteiger partial charge in [-0.05, 0) is 42.5 Å². The first-order valence-electron chi connectivity index (χ1n) is 20.5. The van der Waals surface area contributed by atoms with Crippen LogP contribution < -0.4 is 0 Å². The van der Waals surface area contributed by atoms with E-state index in [2.05, 4.69) is 114 Å². The summed E-state index contributed by atoms with van der Waals surface area (Å²) in [5, 5.41) is 4.64. The van der Waals surface area contributed by atoms with E-state index in [1.165, 1.54) is 14.8 Å². The van der Waals surface area contributed by atoms with Crippen LogP contribution in [0, 0.1) is 0 Å². The van der Waals surface area contributed by atoms with Gasteiger partial charge in [0.25, 0.3) is 0 Å². The summed E-state index contributed by atoms with van der Waals surface area (Å²) >= 11 is 1.78. The Morgan fingerprint density at radius 1 is 0.306 bits per heavy atom. The lowest BCUT2D eigenvalue weighted by Crippen LogP contribution is -2.05. The molecule has 0 atom stereocenters. The third-order valence-electron chi connectivity index (χ3n) is 11.3. The molecule has 8 aromatic carbocycles. The molecule has 0 bridgehead atoms. The normalized spacial score (nSPS) is 11.5. The van der Waals surface area contributed by atoms with Crippen LogP contribution in [0.5, 0.6) is 0 Å². The van der Waals surface area contributed by atoms with Gasteiger partial charge in [0.2, 0.25) is 0 Å². The van der Waals surface area contributed by atoms with Crippen LogP contribution in [0.15, 0.2) is 200 Å². The van der Waals surface area contributed by atoms with Crippen LogP contribution in [-0.2, 0) is 0 Å². The summed E-state index contributed by atoms with van der Waals surface area (Å²) < 4.78 is 4.72. The highest BCUT2D eigenvalue weighted by Gasteiger charge is 2.22. The number of nitrogens with zero attached hydrogens (tertiary/aromatic N) is 7. The highest BCUT2D eigenvalue weighted by atomic mass is 32.1. The first-order chi connectivity index (χ1) is 30.7. The molecule has 0 amide bonds. The molecule has 0 saturated heterocycles. The summed E-state index contributed by atoms with van der Waals surface area (Å²) in [6, 6.07) is 68.7. The maximum Gasteiger partial charge on any atom is 0.166 e. The third kappa shape index (κ3) is 6.12. The van der Waals surface area contributed by atoms with E-state index in [1.54, 1.807) is 11.3 Å². The summed E-state index contributed by atoms with van der Waals surface area (Å²) in [6.45, 7) is 0. The Kier molecular flexibility index (Phi) is 8.53. The Morgan fingerprint density at radius 3 is 1.31 bits per heavy atom. The van der Waals surface area contributed by atoms with Crippen LogP contribution in [0.2, 0.25) is 0 Å². The number of hydrogen-bond acceptors (Lipinski definition) is 7. The van der Waals surface area contributed by atoms with Gasteiger partial charge in [-0.25, -0.2) is 29.9 Å². The van der Waals surface area contributed by atoms with Crippen LogP contribution >= 0.6 is 11.3 Å². The number of fused-ring (bicyclic) bond motifs is 6. The van der Waals surface area contributed by atoms with E-state index < -0.39 is 0 Å². The predicted octanol–water partition coefficient (Wildman–Crippen LogP) is 13.5. The van der Waals surface area contributed by atoms with Gasteiger partial charge in [-0.15, -0.1) is 11.3 Å². The van der Waals surface area contributed by atoms with Crippen molar-refractivity contribution >= 4 is 53.3 Å². The average Bonchev–Trinajstić information content (AvgIpc) is 3.90. The molecule has 0 unspecified atom stereocenters. The Balaban J connectivity index is 1.15. The maximum absolute atomic E-state index is 5.32. The van der Waals surface area contributed by atoms with E-state index in [-0.39, 0.29) is 0 Å². The van der Waals surface area contributed by atoms with Crippen molar-refractivity contribution in [3.8, 4) is 74.0 Å². The molecule has 62 heavy (non-hydrogen) atoms. The van der Waals surface area contributed by atoms with Crippen molar-refractivity contribution in [1.82, 2.24) is 34.5 Å². The fourth-order valence-corrected chi connectivity index (χ4v) is 9.60. The van der Waals surface area contributed by atoms with Gasteiger partial charge < -0.3 is 4.57 Å². The van der Waals surface area contributed by atoms with Gasteiger partial charge in [-0.2, -0.15) is 0 Å². The molecule has 8 heteroatoms. The molecule has 0 fully saturated rings. The molecule has 0 aliphatic heterocycles. The van der Waals surface area contributed by atoms with Gasteiger partial charge in [-0.3, -0.25) is 0 Å². The van der Waals surface area contributed by atoms with Gasteiger partial charge in [-0.1, -0.05) is 158 Å². The minimum atomic E-state index is 0.531. The van der Waals surface area contributed by atoms with Crippen LogP contribution in [0.3, 0.4) is 0 Å². The van der Waals surface area contributed by atoms with Crippen molar-refractivity contribution in [2.45, 2.75) is 0 Å². The molecule has 0 saturated carbocycles. The standard InChI is InChI=1S/C54H33N7S/c1-4-17-34(18-5-1)49-55-50(35-19-6-2-7-20-35)59-54(58-49)42-33-37(31-32-45(42)61-43-27-13-10-23-38(43)39-24-11-14-28-44(39)61)52-56-51(36-21-8-3-9-22-36)57-53(60-52)41-26-16-30-47-48(41)40-25-12-15-29-46(40)62-47/h1-33H. The lowest BCUT2D eigenvalue weighted by Gasteiger charge is -2.16. The first kappa shape index (κ1) is 35.7. The highest BCUT2D eigenvalue weighted by Crippen LogP contribution is 2.41. The van der Waals surface area contributed by atoms with E-state index in [0.29, 0.717) is 34.9 Å². The number of hydrogen-bond donors (Lipinski definition) is 0. The Morgan fingerprint density at radius 2 is 0.742 bits per heavy atom. The predicted molar refractivity (Wildman–Crippen MR) is 253 cm³/mol.